The summed E-state index contributed by atoms with van der Waals surface area (Å²) in [7, 11) is 0. The summed E-state index contributed by atoms with van der Waals surface area (Å²) in [6, 6.07) is 1.78. The first-order valence-electron chi connectivity index (χ1n) is 5.77. The molecule has 7 nitrogen and oxygen atoms in total. The number of carbonyl (C=O) groups excluding carboxylic acids is 1. The van der Waals surface area contributed by atoms with Gasteiger partial charge in [0.2, 0.25) is 0 Å². The number of hydrogen-bond donors (Lipinski definition) is 1. The molecule has 0 saturated carbocycles. The fourth-order valence-corrected chi connectivity index (χ4v) is 2.30. The van der Waals surface area contributed by atoms with E-state index in [-0.39, 0.29) is 5.91 Å². The van der Waals surface area contributed by atoms with Gasteiger partial charge < -0.3 is 5.32 Å². The summed E-state index contributed by atoms with van der Waals surface area (Å²) in [6.07, 6.45) is 6.47. The lowest BCUT2D eigenvalue weighted by Crippen LogP contribution is -2.12. The lowest BCUT2D eigenvalue weighted by molar-refractivity contribution is 0.102. The second-order valence-corrected chi connectivity index (χ2v) is 4.80. The molecule has 100 valence electrons. The zero-order chi connectivity index (χ0) is 13.9. The normalized spacial score (nSPS) is 10.4. The number of rotatable bonds is 3. The summed E-state index contributed by atoms with van der Waals surface area (Å²) < 4.78 is 1.54. The van der Waals surface area contributed by atoms with Crippen molar-refractivity contribution in [2.45, 2.75) is 6.92 Å². The number of amides is 1. The minimum absolute atomic E-state index is 0.208. The third kappa shape index (κ3) is 2.41. The average molecular weight is 286 g/mol. The summed E-state index contributed by atoms with van der Waals surface area (Å²) >= 11 is 1.30. The van der Waals surface area contributed by atoms with E-state index in [0.29, 0.717) is 22.2 Å². The van der Waals surface area contributed by atoms with Crippen LogP contribution in [-0.2, 0) is 0 Å². The number of aromatic nitrogens is 5. The van der Waals surface area contributed by atoms with E-state index in [0.717, 1.165) is 0 Å². The predicted octanol–water partition coefficient (Wildman–Crippen LogP) is 1.68. The van der Waals surface area contributed by atoms with E-state index < -0.39 is 0 Å². The number of carbonyl (C=O) groups is 1. The first-order valence-corrected chi connectivity index (χ1v) is 6.65. The number of thiazole rings is 1. The maximum absolute atomic E-state index is 12.0. The highest BCUT2D eigenvalue weighted by molar-refractivity contribution is 7.12. The topological polar surface area (TPSA) is 85.6 Å². The van der Waals surface area contributed by atoms with Gasteiger partial charge in [0, 0.05) is 12.4 Å². The van der Waals surface area contributed by atoms with Gasteiger partial charge in [-0.3, -0.25) is 4.79 Å². The second-order valence-electron chi connectivity index (χ2n) is 3.94. The van der Waals surface area contributed by atoms with Gasteiger partial charge in [0.15, 0.2) is 0 Å². The molecule has 0 fully saturated rings. The second kappa shape index (κ2) is 5.17. The molecule has 1 N–H and O–H groups in total. The van der Waals surface area contributed by atoms with Crippen molar-refractivity contribution in [3.8, 4) is 5.95 Å². The third-order valence-corrected chi connectivity index (χ3v) is 3.48. The van der Waals surface area contributed by atoms with Gasteiger partial charge in [-0.05, 0) is 13.0 Å². The maximum Gasteiger partial charge on any atom is 0.267 e. The monoisotopic (exact) mass is 286 g/mol. The molecular formula is C12H10N6OS. The van der Waals surface area contributed by atoms with E-state index in [1.54, 1.807) is 35.6 Å². The Labute approximate surface area is 118 Å². The summed E-state index contributed by atoms with van der Waals surface area (Å²) in [5.41, 5.74) is 2.88. The largest absolute Gasteiger partial charge is 0.319 e. The highest BCUT2D eigenvalue weighted by atomic mass is 32.1. The SMILES string of the molecule is Cc1ncsc1C(=O)Nc1cnc(-n2cccn2)nc1. The van der Waals surface area contributed by atoms with Crippen molar-refractivity contribution < 1.29 is 4.79 Å². The zero-order valence-corrected chi connectivity index (χ0v) is 11.3. The van der Waals surface area contributed by atoms with E-state index in [1.807, 2.05) is 0 Å². The molecule has 0 saturated heterocycles. The first kappa shape index (κ1) is 12.4. The Morgan fingerprint density at radius 1 is 1.30 bits per heavy atom. The van der Waals surface area contributed by atoms with E-state index in [9.17, 15) is 4.79 Å². The molecule has 3 aromatic heterocycles. The third-order valence-electron chi connectivity index (χ3n) is 2.56. The molecule has 0 bridgehead atoms. The van der Waals surface area contributed by atoms with Crippen LogP contribution < -0.4 is 5.32 Å². The molecule has 3 rings (SSSR count). The Balaban J connectivity index is 1.76. The highest BCUT2D eigenvalue weighted by Gasteiger charge is 2.12. The Morgan fingerprint density at radius 3 is 2.70 bits per heavy atom. The standard InChI is InChI=1S/C12H10N6OS/c1-8-10(20-7-15-8)11(19)17-9-5-13-12(14-6-9)18-4-2-3-16-18/h2-7H,1H3,(H,17,19). The van der Waals surface area contributed by atoms with E-state index in [2.05, 4.69) is 25.4 Å². The quantitative estimate of drug-likeness (QED) is 0.791. The molecular weight excluding hydrogens is 276 g/mol. The smallest absolute Gasteiger partial charge is 0.267 e. The van der Waals surface area contributed by atoms with Crippen molar-refractivity contribution >= 4 is 22.9 Å². The summed E-state index contributed by atoms with van der Waals surface area (Å²) in [4.78, 5) is 24.9. The van der Waals surface area contributed by atoms with Crippen LogP contribution in [0.1, 0.15) is 15.4 Å². The number of nitrogens with one attached hydrogen (secondary N) is 1. The van der Waals surface area contributed by atoms with Crippen LogP contribution in [0.25, 0.3) is 5.95 Å². The average Bonchev–Trinajstić information content (AvgIpc) is 3.10. The molecule has 3 heterocycles. The summed E-state index contributed by atoms with van der Waals surface area (Å²) in [5, 5.41) is 6.76. The number of aryl methyl sites for hydroxylation is 1. The van der Waals surface area contributed by atoms with Gasteiger partial charge in [-0.25, -0.2) is 19.6 Å². The molecule has 8 heteroatoms. The Kier molecular flexibility index (Phi) is 3.21. The van der Waals surface area contributed by atoms with Crippen LogP contribution in [0, 0.1) is 6.92 Å². The van der Waals surface area contributed by atoms with Gasteiger partial charge in [-0.1, -0.05) is 0 Å². The molecule has 20 heavy (non-hydrogen) atoms. The van der Waals surface area contributed by atoms with Crippen LogP contribution in [0.4, 0.5) is 5.69 Å². The molecule has 0 aliphatic rings. The van der Waals surface area contributed by atoms with Crippen molar-refractivity contribution in [1.82, 2.24) is 24.7 Å². The van der Waals surface area contributed by atoms with Gasteiger partial charge >= 0.3 is 0 Å². The minimum Gasteiger partial charge on any atom is -0.319 e. The molecule has 0 aliphatic heterocycles. The summed E-state index contributed by atoms with van der Waals surface area (Å²) in [5.74, 6) is 0.238. The molecule has 0 spiro atoms. The maximum atomic E-state index is 12.0. The van der Waals surface area contributed by atoms with Gasteiger partial charge in [-0.2, -0.15) is 5.10 Å². The lowest BCUT2D eigenvalue weighted by atomic mass is 10.3. The van der Waals surface area contributed by atoms with Crippen LogP contribution in [0.5, 0.6) is 0 Å². The lowest BCUT2D eigenvalue weighted by Gasteiger charge is -2.04. The number of nitrogens with zero attached hydrogens (tertiary/aromatic N) is 5. The van der Waals surface area contributed by atoms with Crippen LogP contribution in [0.2, 0.25) is 0 Å². The Hall–Kier alpha value is -2.61. The number of hydrogen-bond acceptors (Lipinski definition) is 6. The predicted molar refractivity (Wildman–Crippen MR) is 74.0 cm³/mol. The molecule has 0 radical (unpaired) electrons. The fraction of sp³-hybridized carbons (Fsp3) is 0.0833. The van der Waals surface area contributed by atoms with Crippen molar-refractivity contribution in [3.63, 3.8) is 0 Å². The van der Waals surface area contributed by atoms with Crippen molar-refractivity contribution in [2.24, 2.45) is 0 Å². The minimum atomic E-state index is -0.208. The number of anilines is 1. The molecule has 0 aliphatic carbocycles. The first-order chi connectivity index (χ1) is 9.74. The van der Waals surface area contributed by atoms with Gasteiger partial charge in [0.25, 0.3) is 11.9 Å². The van der Waals surface area contributed by atoms with Gasteiger partial charge in [0.1, 0.15) is 4.88 Å². The molecule has 0 atom stereocenters. The van der Waals surface area contributed by atoms with E-state index >= 15 is 0 Å². The fourth-order valence-electron chi connectivity index (χ4n) is 1.60. The van der Waals surface area contributed by atoms with Crippen molar-refractivity contribution in [2.75, 3.05) is 5.32 Å². The van der Waals surface area contributed by atoms with E-state index in [4.69, 9.17) is 0 Å². The Morgan fingerprint density at radius 2 is 2.10 bits per heavy atom. The van der Waals surface area contributed by atoms with Crippen LogP contribution >= 0.6 is 11.3 Å². The van der Waals surface area contributed by atoms with Crippen molar-refractivity contribution in [3.05, 3.63) is 46.9 Å². The van der Waals surface area contributed by atoms with Crippen molar-refractivity contribution in [1.29, 1.82) is 0 Å². The van der Waals surface area contributed by atoms with Crippen LogP contribution in [0.3, 0.4) is 0 Å². The molecule has 3 aromatic rings. The van der Waals surface area contributed by atoms with Gasteiger partial charge in [0.05, 0.1) is 29.3 Å². The molecule has 0 unspecified atom stereocenters. The highest BCUT2D eigenvalue weighted by Crippen LogP contribution is 2.14. The zero-order valence-electron chi connectivity index (χ0n) is 10.5. The van der Waals surface area contributed by atoms with Crippen LogP contribution in [-0.4, -0.2) is 30.6 Å². The van der Waals surface area contributed by atoms with Crippen LogP contribution in [0.15, 0.2) is 36.4 Å². The molecule has 1 amide bonds. The van der Waals surface area contributed by atoms with E-state index in [1.165, 1.54) is 23.7 Å². The molecule has 0 aromatic carbocycles. The summed E-state index contributed by atoms with van der Waals surface area (Å²) in [6.45, 7) is 1.79. The Bertz CT molecular complexity index is 719. The van der Waals surface area contributed by atoms with Gasteiger partial charge in [-0.15, -0.1) is 11.3 Å².